The molecule has 2 aromatic rings. The van der Waals surface area contributed by atoms with Gasteiger partial charge >= 0.3 is 0 Å². The lowest BCUT2D eigenvalue weighted by Crippen LogP contribution is -2.38. The summed E-state index contributed by atoms with van der Waals surface area (Å²) in [6, 6.07) is 5.83. The van der Waals surface area contributed by atoms with Gasteiger partial charge in [0.1, 0.15) is 11.9 Å². The van der Waals surface area contributed by atoms with Crippen LogP contribution in [0.25, 0.3) is 0 Å². The van der Waals surface area contributed by atoms with Crippen molar-refractivity contribution in [3.05, 3.63) is 35.5 Å². The van der Waals surface area contributed by atoms with E-state index in [2.05, 4.69) is 20.9 Å². The first-order valence-corrected chi connectivity index (χ1v) is 7.86. The van der Waals surface area contributed by atoms with Gasteiger partial charge in [0.15, 0.2) is 0 Å². The van der Waals surface area contributed by atoms with Crippen molar-refractivity contribution in [2.24, 2.45) is 5.92 Å². The van der Waals surface area contributed by atoms with Crippen LogP contribution in [0.15, 0.2) is 29.9 Å². The molecule has 108 valence electrons. The molecule has 2 aromatic heterocycles. The van der Waals surface area contributed by atoms with Crippen molar-refractivity contribution in [1.29, 1.82) is 5.26 Å². The minimum atomic E-state index is 0.486. The second-order valence-electron chi connectivity index (χ2n) is 5.08. The molecule has 1 aliphatic heterocycles. The van der Waals surface area contributed by atoms with Crippen LogP contribution in [-0.4, -0.2) is 29.7 Å². The van der Waals surface area contributed by atoms with Crippen LogP contribution in [0.2, 0.25) is 0 Å². The third-order valence-electron chi connectivity index (χ3n) is 3.57. The summed E-state index contributed by atoms with van der Waals surface area (Å²) in [5.74, 6) is 1.42. The molecule has 0 aliphatic carbocycles. The van der Waals surface area contributed by atoms with Crippen LogP contribution in [0.1, 0.15) is 18.4 Å². The Morgan fingerprint density at radius 1 is 1.43 bits per heavy atom. The number of thiazole rings is 1. The molecule has 1 saturated heterocycles. The molecule has 5 nitrogen and oxygen atoms in total. The summed E-state index contributed by atoms with van der Waals surface area (Å²) in [5.41, 5.74) is 0.597. The van der Waals surface area contributed by atoms with E-state index >= 15 is 0 Å². The van der Waals surface area contributed by atoms with Crippen molar-refractivity contribution < 1.29 is 4.74 Å². The Labute approximate surface area is 127 Å². The topological polar surface area (TPSA) is 62.0 Å². The second-order valence-corrected chi connectivity index (χ2v) is 5.94. The van der Waals surface area contributed by atoms with Crippen LogP contribution in [0, 0.1) is 17.2 Å². The van der Waals surface area contributed by atoms with Gasteiger partial charge in [0, 0.05) is 36.8 Å². The van der Waals surface area contributed by atoms with Gasteiger partial charge in [-0.2, -0.15) is 5.26 Å². The summed E-state index contributed by atoms with van der Waals surface area (Å²) in [6.07, 6.45) is 5.69. The van der Waals surface area contributed by atoms with Gasteiger partial charge in [-0.1, -0.05) is 11.3 Å². The summed E-state index contributed by atoms with van der Waals surface area (Å²) < 4.78 is 5.72. The number of hydrogen-bond donors (Lipinski definition) is 0. The lowest BCUT2D eigenvalue weighted by atomic mass is 9.99. The van der Waals surface area contributed by atoms with Gasteiger partial charge in [0.25, 0.3) is 5.19 Å². The number of pyridine rings is 1. The Bertz CT molecular complexity index is 606. The molecular formula is C15H16N4OS. The van der Waals surface area contributed by atoms with Gasteiger partial charge in [-0.25, -0.2) is 9.97 Å². The highest BCUT2D eigenvalue weighted by molar-refractivity contribution is 7.11. The lowest BCUT2D eigenvalue weighted by molar-refractivity contribution is 0.227. The van der Waals surface area contributed by atoms with Gasteiger partial charge in [0.2, 0.25) is 0 Å². The maximum absolute atomic E-state index is 8.82. The number of hydrogen-bond acceptors (Lipinski definition) is 6. The fourth-order valence-corrected chi connectivity index (χ4v) is 3.02. The highest BCUT2D eigenvalue weighted by Crippen LogP contribution is 2.23. The van der Waals surface area contributed by atoms with Crippen molar-refractivity contribution in [3.63, 3.8) is 0 Å². The van der Waals surface area contributed by atoms with Gasteiger partial charge in [-0.05, 0) is 25.0 Å². The number of anilines is 1. The van der Waals surface area contributed by atoms with E-state index < -0.39 is 0 Å². The Morgan fingerprint density at radius 3 is 3.10 bits per heavy atom. The van der Waals surface area contributed by atoms with Crippen LogP contribution < -0.4 is 9.64 Å². The average Bonchev–Trinajstić information content (AvgIpc) is 3.07. The quantitative estimate of drug-likeness (QED) is 0.868. The molecule has 0 bridgehead atoms. The van der Waals surface area contributed by atoms with Crippen LogP contribution in [0.5, 0.6) is 5.19 Å². The van der Waals surface area contributed by atoms with E-state index in [-0.39, 0.29) is 0 Å². The lowest BCUT2D eigenvalue weighted by Gasteiger charge is -2.33. The number of nitrogens with zero attached hydrogens (tertiary/aromatic N) is 4. The number of piperidine rings is 1. The number of rotatable bonds is 4. The molecule has 1 unspecified atom stereocenters. The zero-order chi connectivity index (χ0) is 14.5. The highest BCUT2D eigenvalue weighted by Gasteiger charge is 2.21. The fourth-order valence-electron chi connectivity index (χ4n) is 2.52. The van der Waals surface area contributed by atoms with Crippen LogP contribution in [0.3, 0.4) is 0 Å². The molecule has 0 amide bonds. The molecule has 0 spiro atoms. The third kappa shape index (κ3) is 3.50. The van der Waals surface area contributed by atoms with E-state index in [1.165, 1.54) is 11.3 Å². The van der Waals surface area contributed by atoms with E-state index in [1.807, 2.05) is 17.5 Å². The second kappa shape index (κ2) is 6.55. The van der Waals surface area contributed by atoms with Crippen molar-refractivity contribution in [1.82, 2.24) is 9.97 Å². The molecule has 21 heavy (non-hydrogen) atoms. The number of aromatic nitrogens is 2. The summed E-state index contributed by atoms with van der Waals surface area (Å²) in [4.78, 5) is 10.8. The molecule has 1 atom stereocenters. The Morgan fingerprint density at radius 2 is 2.38 bits per heavy atom. The molecule has 1 aliphatic rings. The average molecular weight is 300 g/mol. The van der Waals surface area contributed by atoms with E-state index in [4.69, 9.17) is 10.00 Å². The minimum Gasteiger partial charge on any atom is -0.470 e. The Kier molecular flexibility index (Phi) is 4.31. The molecule has 1 fully saturated rings. The van der Waals surface area contributed by atoms with Crippen LogP contribution in [-0.2, 0) is 0 Å². The molecular weight excluding hydrogens is 284 g/mol. The maximum Gasteiger partial charge on any atom is 0.273 e. The number of ether oxygens (including phenoxy) is 1. The fraction of sp³-hybridized carbons (Fsp3) is 0.400. The summed E-state index contributed by atoms with van der Waals surface area (Å²) in [5, 5.41) is 11.5. The van der Waals surface area contributed by atoms with Crippen LogP contribution in [0.4, 0.5) is 5.82 Å². The molecule has 3 rings (SSSR count). The van der Waals surface area contributed by atoms with Gasteiger partial charge < -0.3 is 9.64 Å². The van der Waals surface area contributed by atoms with Gasteiger partial charge in [-0.15, -0.1) is 0 Å². The van der Waals surface area contributed by atoms with E-state index in [1.54, 1.807) is 12.4 Å². The molecule has 6 heteroatoms. The maximum atomic E-state index is 8.82. The zero-order valence-corrected chi connectivity index (χ0v) is 12.4. The van der Waals surface area contributed by atoms with Crippen LogP contribution >= 0.6 is 11.3 Å². The molecule has 0 saturated carbocycles. The minimum absolute atomic E-state index is 0.486. The molecule has 3 heterocycles. The van der Waals surface area contributed by atoms with Crippen molar-refractivity contribution >= 4 is 17.2 Å². The largest absolute Gasteiger partial charge is 0.470 e. The van der Waals surface area contributed by atoms with Crippen molar-refractivity contribution in [2.75, 3.05) is 24.6 Å². The van der Waals surface area contributed by atoms with E-state index in [0.717, 1.165) is 36.9 Å². The normalized spacial score (nSPS) is 18.2. The van der Waals surface area contributed by atoms with E-state index in [0.29, 0.717) is 18.1 Å². The Hall–Kier alpha value is -2.13. The van der Waals surface area contributed by atoms with Gasteiger partial charge in [-0.3, -0.25) is 0 Å². The summed E-state index contributed by atoms with van der Waals surface area (Å²) in [7, 11) is 0. The highest BCUT2D eigenvalue weighted by atomic mass is 32.1. The predicted octanol–water partition coefficient (Wildman–Crippen LogP) is 2.71. The Balaban J connectivity index is 1.58. The number of nitriles is 1. The first-order valence-electron chi connectivity index (χ1n) is 6.98. The van der Waals surface area contributed by atoms with Crippen molar-refractivity contribution in [3.8, 4) is 11.3 Å². The molecule has 0 aromatic carbocycles. The molecule has 0 radical (unpaired) electrons. The summed E-state index contributed by atoms with van der Waals surface area (Å²) in [6.45, 7) is 2.64. The summed E-state index contributed by atoms with van der Waals surface area (Å²) >= 11 is 1.52. The first-order chi connectivity index (χ1) is 10.3. The molecule has 0 N–H and O–H groups in total. The van der Waals surface area contributed by atoms with Crippen molar-refractivity contribution in [2.45, 2.75) is 12.8 Å². The van der Waals surface area contributed by atoms with Gasteiger partial charge in [0.05, 0.1) is 12.2 Å². The predicted molar refractivity (Wildman–Crippen MR) is 81.5 cm³/mol. The van der Waals surface area contributed by atoms with E-state index in [9.17, 15) is 0 Å². The third-order valence-corrected chi connectivity index (χ3v) is 4.25. The monoisotopic (exact) mass is 300 g/mol. The standard InChI is InChI=1S/C15H16N4OS/c16-8-12-3-4-14(18-9-12)19-6-1-2-13(10-19)11-20-15-17-5-7-21-15/h3-5,7,9,13H,1-2,6,10-11H2. The smallest absolute Gasteiger partial charge is 0.273 e. The zero-order valence-electron chi connectivity index (χ0n) is 11.6. The first kappa shape index (κ1) is 13.8. The SMILES string of the molecule is N#Cc1ccc(N2CCCC(COc3nccs3)C2)nc1.